The normalized spacial score (nSPS) is 11.1. The van der Waals surface area contributed by atoms with E-state index in [2.05, 4.69) is 20.4 Å². The first-order valence-corrected chi connectivity index (χ1v) is 9.59. The number of thiophene rings is 1. The summed E-state index contributed by atoms with van der Waals surface area (Å²) in [4.78, 5) is 21.6. The number of hydrogen-bond acceptors (Lipinski definition) is 7. The van der Waals surface area contributed by atoms with Crippen molar-refractivity contribution in [1.29, 1.82) is 0 Å². The molecule has 0 bridgehead atoms. The number of fused-ring (bicyclic) bond motifs is 1. The first kappa shape index (κ1) is 16.8. The molecule has 0 saturated carbocycles. The summed E-state index contributed by atoms with van der Waals surface area (Å²) in [6, 6.07) is 8.21. The van der Waals surface area contributed by atoms with Gasteiger partial charge in [-0.3, -0.25) is 4.79 Å². The monoisotopic (exact) mass is 388 g/mol. The predicted octanol–water partition coefficient (Wildman–Crippen LogP) is 4.51. The van der Waals surface area contributed by atoms with E-state index in [9.17, 15) is 9.18 Å². The number of rotatable bonds is 6. The maximum absolute atomic E-state index is 13.2. The average Bonchev–Trinajstić information content (AvgIpc) is 3.34. The van der Waals surface area contributed by atoms with E-state index >= 15 is 0 Å². The molecule has 0 aliphatic heterocycles. The molecule has 4 rings (SSSR count). The number of anilines is 1. The Morgan fingerprint density at radius 1 is 1.27 bits per heavy atom. The van der Waals surface area contributed by atoms with Gasteiger partial charge in [-0.05, 0) is 36.1 Å². The van der Waals surface area contributed by atoms with Crippen LogP contribution >= 0.6 is 22.7 Å². The van der Waals surface area contributed by atoms with Crippen molar-refractivity contribution >= 4 is 43.9 Å². The minimum absolute atomic E-state index is 0.150. The number of benzene rings is 1. The summed E-state index contributed by atoms with van der Waals surface area (Å²) in [5, 5.41) is 9.10. The minimum Gasteiger partial charge on any atom is -0.339 e. The molecule has 0 unspecified atom stereocenters. The van der Waals surface area contributed by atoms with E-state index in [4.69, 9.17) is 4.52 Å². The van der Waals surface area contributed by atoms with Gasteiger partial charge >= 0.3 is 0 Å². The van der Waals surface area contributed by atoms with Crippen molar-refractivity contribution in [2.75, 3.05) is 5.32 Å². The van der Waals surface area contributed by atoms with Gasteiger partial charge in [0.2, 0.25) is 17.6 Å². The summed E-state index contributed by atoms with van der Waals surface area (Å²) in [5.74, 6) is 0.612. The molecule has 3 aromatic heterocycles. The van der Waals surface area contributed by atoms with Gasteiger partial charge in [-0.25, -0.2) is 9.37 Å². The molecule has 132 valence electrons. The number of carbonyl (C=O) groups is 1. The fraction of sp³-hybridized carbons (Fsp3) is 0.176. The van der Waals surface area contributed by atoms with Gasteiger partial charge in [0.15, 0.2) is 5.13 Å². The number of nitrogens with one attached hydrogen (secondary N) is 1. The fourth-order valence-electron chi connectivity index (χ4n) is 2.40. The molecule has 1 aromatic carbocycles. The Labute approximate surface area is 155 Å². The standard InChI is InChI=1S/C17H13FN4O2S2/c18-10-6-7-11-13(9-10)26-17(19-11)20-14(23)4-1-5-15-21-16(22-24-15)12-3-2-8-25-12/h2-3,6-9H,1,4-5H2,(H,19,20,23). The third-order valence-corrected chi connectivity index (χ3v) is 5.40. The molecule has 6 nitrogen and oxygen atoms in total. The van der Waals surface area contributed by atoms with Crippen molar-refractivity contribution in [3.05, 3.63) is 47.4 Å². The van der Waals surface area contributed by atoms with Crippen LogP contribution in [0.4, 0.5) is 9.52 Å². The summed E-state index contributed by atoms with van der Waals surface area (Å²) < 4.78 is 19.1. The third kappa shape index (κ3) is 3.78. The molecule has 0 saturated heterocycles. The van der Waals surface area contributed by atoms with E-state index < -0.39 is 0 Å². The van der Waals surface area contributed by atoms with E-state index in [0.29, 0.717) is 46.3 Å². The fourth-order valence-corrected chi connectivity index (χ4v) is 3.95. The Hall–Kier alpha value is -2.65. The number of aryl methyl sites for hydroxylation is 1. The molecule has 3 heterocycles. The SMILES string of the molecule is O=C(CCCc1nc(-c2cccs2)no1)Nc1nc2ccc(F)cc2s1. The largest absolute Gasteiger partial charge is 0.339 e. The van der Waals surface area contributed by atoms with Crippen molar-refractivity contribution in [3.63, 3.8) is 0 Å². The molecule has 0 fully saturated rings. The summed E-state index contributed by atoms with van der Waals surface area (Å²) >= 11 is 2.79. The van der Waals surface area contributed by atoms with Gasteiger partial charge in [0.25, 0.3) is 0 Å². The Kier molecular flexibility index (Phi) is 4.72. The zero-order valence-corrected chi connectivity index (χ0v) is 15.1. The molecule has 0 radical (unpaired) electrons. The van der Waals surface area contributed by atoms with Crippen LogP contribution in [0, 0.1) is 5.82 Å². The lowest BCUT2D eigenvalue weighted by molar-refractivity contribution is -0.116. The summed E-state index contributed by atoms with van der Waals surface area (Å²) in [6.45, 7) is 0. The molecule has 0 atom stereocenters. The zero-order valence-electron chi connectivity index (χ0n) is 13.4. The summed E-state index contributed by atoms with van der Waals surface area (Å²) in [6.07, 6.45) is 1.41. The Balaban J connectivity index is 1.29. The second-order valence-corrected chi connectivity index (χ2v) is 7.50. The minimum atomic E-state index is -0.319. The Bertz CT molecular complexity index is 1040. The van der Waals surface area contributed by atoms with Crippen LogP contribution in [0.1, 0.15) is 18.7 Å². The quantitative estimate of drug-likeness (QED) is 0.526. The lowest BCUT2D eigenvalue weighted by Gasteiger charge is -1.99. The summed E-state index contributed by atoms with van der Waals surface area (Å²) in [7, 11) is 0. The molecular weight excluding hydrogens is 375 g/mol. The molecule has 0 aliphatic rings. The Morgan fingerprint density at radius 2 is 2.19 bits per heavy atom. The van der Waals surface area contributed by atoms with Gasteiger partial charge in [0.1, 0.15) is 5.82 Å². The molecule has 4 aromatic rings. The molecule has 1 amide bonds. The van der Waals surface area contributed by atoms with Crippen LogP contribution in [0.5, 0.6) is 0 Å². The van der Waals surface area contributed by atoms with E-state index in [1.807, 2.05) is 17.5 Å². The Morgan fingerprint density at radius 3 is 3.04 bits per heavy atom. The van der Waals surface area contributed by atoms with E-state index in [0.717, 1.165) is 4.88 Å². The maximum Gasteiger partial charge on any atom is 0.226 e. The highest BCUT2D eigenvalue weighted by Crippen LogP contribution is 2.26. The smallest absolute Gasteiger partial charge is 0.226 e. The van der Waals surface area contributed by atoms with Crippen molar-refractivity contribution < 1.29 is 13.7 Å². The molecule has 1 N–H and O–H groups in total. The van der Waals surface area contributed by atoms with Gasteiger partial charge in [-0.15, -0.1) is 11.3 Å². The molecular formula is C17H13FN4O2S2. The van der Waals surface area contributed by atoms with Gasteiger partial charge in [-0.1, -0.05) is 22.6 Å². The molecule has 0 aliphatic carbocycles. The van der Waals surface area contributed by atoms with Gasteiger partial charge < -0.3 is 9.84 Å². The number of nitrogens with zero attached hydrogens (tertiary/aromatic N) is 3. The topological polar surface area (TPSA) is 80.9 Å². The molecule has 0 spiro atoms. The predicted molar refractivity (Wildman–Crippen MR) is 98.8 cm³/mol. The second kappa shape index (κ2) is 7.30. The van der Waals surface area contributed by atoms with Gasteiger partial charge in [0, 0.05) is 12.8 Å². The van der Waals surface area contributed by atoms with Crippen molar-refractivity contribution in [3.8, 4) is 10.7 Å². The van der Waals surface area contributed by atoms with Crippen LogP contribution in [0.25, 0.3) is 20.9 Å². The highest BCUT2D eigenvalue weighted by Gasteiger charge is 2.12. The third-order valence-electron chi connectivity index (χ3n) is 3.60. The summed E-state index contributed by atoms with van der Waals surface area (Å²) in [5.41, 5.74) is 0.665. The number of carbonyl (C=O) groups excluding carboxylic acids is 1. The van der Waals surface area contributed by atoms with E-state index in [1.54, 1.807) is 17.4 Å². The highest BCUT2D eigenvalue weighted by atomic mass is 32.1. The highest BCUT2D eigenvalue weighted by molar-refractivity contribution is 7.22. The van der Waals surface area contributed by atoms with Crippen LogP contribution in [-0.2, 0) is 11.2 Å². The van der Waals surface area contributed by atoms with E-state index in [1.165, 1.54) is 23.5 Å². The zero-order chi connectivity index (χ0) is 17.9. The van der Waals surface area contributed by atoms with Crippen molar-refractivity contribution in [1.82, 2.24) is 15.1 Å². The molecule has 26 heavy (non-hydrogen) atoms. The second-order valence-electron chi connectivity index (χ2n) is 5.52. The van der Waals surface area contributed by atoms with Gasteiger partial charge in [-0.2, -0.15) is 4.98 Å². The first-order valence-electron chi connectivity index (χ1n) is 7.90. The number of halogens is 1. The maximum atomic E-state index is 13.2. The number of amides is 1. The lowest BCUT2D eigenvalue weighted by atomic mass is 10.2. The van der Waals surface area contributed by atoms with Crippen LogP contribution in [0.3, 0.4) is 0 Å². The van der Waals surface area contributed by atoms with Crippen molar-refractivity contribution in [2.45, 2.75) is 19.3 Å². The number of hydrogen-bond donors (Lipinski definition) is 1. The number of thiazole rings is 1. The average molecular weight is 388 g/mol. The van der Waals surface area contributed by atoms with Crippen LogP contribution in [0.15, 0.2) is 40.2 Å². The van der Waals surface area contributed by atoms with Crippen molar-refractivity contribution in [2.24, 2.45) is 0 Å². The van der Waals surface area contributed by atoms with E-state index in [-0.39, 0.29) is 11.7 Å². The van der Waals surface area contributed by atoms with Crippen LogP contribution < -0.4 is 5.32 Å². The van der Waals surface area contributed by atoms with Crippen LogP contribution in [0.2, 0.25) is 0 Å². The number of aromatic nitrogens is 3. The lowest BCUT2D eigenvalue weighted by Crippen LogP contribution is -2.11. The van der Waals surface area contributed by atoms with Crippen LogP contribution in [-0.4, -0.2) is 21.0 Å². The first-order chi connectivity index (χ1) is 12.7. The molecule has 9 heteroatoms. The van der Waals surface area contributed by atoms with Gasteiger partial charge in [0.05, 0.1) is 15.1 Å².